The number of carbonyl (C=O) groups excluding carboxylic acids is 1. The van der Waals surface area contributed by atoms with Gasteiger partial charge in [0, 0.05) is 32.2 Å². The second kappa shape index (κ2) is 10.2. The fourth-order valence-corrected chi connectivity index (χ4v) is 3.50. The Bertz CT molecular complexity index is 293. The van der Waals surface area contributed by atoms with Crippen LogP contribution in [-0.4, -0.2) is 43.2 Å². The maximum Gasteiger partial charge on any atom is 0.222 e. The largest absolute Gasteiger partial charge is 0.383 e. The van der Waals surface area contributed by atoms with Gasteiger partial charge in [-0.3, -0.25) is 4.79 Å². The van der Waals surface area contributed by atoms with Crippen LogP contribution in [0.25, 0.3) is 0 Å². The molecule has 4 nitrogen and oxygen atoms in total. The number of hydrogen-bond donors (Lipinski definition) is 1. The molecular formula is C17H34N2O2. The first-order chi connectivity index (χ1) is 10.1. The SMILES string of the molecule is CCC(CC)N(CCOC)C(=O)CCC1CCCC(N)C1. The molecule has 0 radical (unpaired) electrons. The summed E-state index contributed by atoms with van der Waals surface area (Å²) in [6.07, 6.45) is 8.40. The fraction of sp³-hybridized carbons (Fsp3) is 0.941. The molecule has 0 saturated heterocycles. The summed E-state index contributed by atoms with van der Waals surface area (Å²) < 4.78 is 5.16. The molecular weight excluding hydrogens is 264 g/mol. The molecule has 2 atom stereocenters. The molecule has 124 valence electrons. The summed E-state index contributed by atoms with van der Waals surface area (Å²) in [5.41, 5.74) is 6.04. The standard InChI is InChI=1S/C17H34N2O2/c1-4-16(5-2)19(11-12-21-3)17(20)10-9-14-7-6-8-15(18)13-14/h14-16H,4-13,18H2,1-3H3. The predicted octanol–water partition coefficient (Wildman–Crippen LogP) is 2.95. The number of amides is 1. The second-order valence-corrected chi connectivity index (χ2v) is 6.38. The number of nitrogens with zero attached hydrogens (tertiary/aromatic N) is 1. The van der Waals surface area contributed by atoms with Gasteiger partial charge in [-0.05, 0) is 38.0 Å². The van der Waals surface area contributed by atoms with E-state index in [2.05, 4.69) is 13.8 Å². The van der Waals surface area contributed by atoms with Crippen LogP contribution in [0.4, 0.5) is 0 Å². The third-order valence-corrected chi connectivity index (χ3v) is 4.83. The summed E-state index contributed by atoms with van der Waals surface area (Å²) in [7, 11) is 1.69. The molecule has 0 aromatic heterocycles. The molecule has 0 bridgehead atoms. The van der Waals surface area contributed by atoms with Gasteiger partial charge in [0.2, 0.25) is 5.91 Å². The van der Waals surface area contributed by atoms with Crippen molar-refractivity contribution in [2.24, 2.45) is 11.7 Å². The zero-order valence-corrected chi connectivity index (χ0v) is 14.1. The van der Waals surface area contributed by atoms with Crippen LogP contribution in [0.15, 0.2) is 0 Å². The lowest BCUT2D eigenvalue weighted by atomic mass is 9.83. The van der Waals surface area contributed by atoms with Crippen molar-refractivity contribution in [2.45, 2.75) is 77.3 Å². The first-order valence-electron chi connectivity index (χ1n) is 8.66. The fourth-order valence-electron chi connectivity index (χ4n) is 3.50. The van der Waals surface area contributed by atoms with Gasteiger partial charge < -0.3 is 15.4 Å². The van der Waals surface area contributed by atoms with Crippen molar-refractivity contribution < 1.29 is 9.53 Å². The average molecular weight is 298 g/mol. The van der Waals surface area contributed by atoms with E-state index < -0.39 is 0 Å². The number of rotatable bonds is 9. The highest BCUT2D eigenvalue weighted by molar-refractivity contribution is 5.76. The Labute approximate surface area is 130 Å². The molecule has 0 aromatic rings. The lowest BCUT2D eigenvalue weighted by Crippen LogP contribution is -2.42. The molecule has 1 aliphatic carbocycles. The van der Waals surface area contributed by atoms with Crippen LogP contribution in [0.3, 0.4) is 0 Å². The van der Waals surface area contributed by atoms with Crippen molar-refractivity contribution >= 4 is 5.91 Å². The van der Waals surface area contributed by atoms with Gasteiger partial charge in [0.15, 0.2) is 0 Å². The van der Waals surface area contributed by atoms with Crippen molar-refractivity contribution in [3.8, 4) is 0 Å². The van der Waals surface area contributed by atoms with E-state index in [0.29, 0.717) is 43.5 Å². The minimum absolute atomic E-state index is 0.292. The van der Waals surface area contributed by atoms with Crippen LogP contribution in [0, 0.1) is 5.92 Å². The van der Waals surface area contributed by atoms with Gasteiger partial charge in [0.05, 0.1) is 6.61 Å². The van der Waals surface area contributed by atoms with E-state index >= 15 is 0 Å². The highest BCUT2D eigenvalue weighted by Crippen LogP contribution is 2.27. The summed E-state index contributed by atoms with van der Waals surface area (Å²) in [4.78, 5) is 14.6. The molecule has 1 aliphatic rings. The van der Waals surface area contributed by atoms with E-state index in [1.165, 1.54) is 12.8 Å². The molecule has 1 saturated carbocycles. The number of methoxy groups -OCH3 is 1. The van der Waals surface area contributed by atoms with Gasteiger partial charge in [-0.25, -0.2) is 0 Å². The quantitative estimate of drug-likeness (QED) is 0.712. The lowest BCUT2D eigenvalue weighted by molar-refractivity contribution is -0.134. The van der Waals surface area contributed by atoms with Crippen molar-refractivity contribution in [1.29, 1.82) is 0 Å². The molecule has 2 N–H and O–H groups in total. The zero-order valence-electron chi connectivity index (χ0n) is 14.1. The van der Waals surface area contributed by atoms with E-state index in [4.69, 9.17) is 10.5 Å². The molecule has 1 amide bonds. The van der Waals surface area contributed by atoms with Gasteiger partial charge in [0.25, 0.3) is 0 Å². The maximum absolute atomic E-state index is 12.6. The van der Waals surface area contributed by atoms with E-state index in [1.54, 1.807) is 7.11 Å². The first-order valence-corrected chi connectivity index (χ1v) is 8.66. The third-order valence-electron chi connectivity index (χ3n) is 4.83. The van der Waals surface area contributed by atoms with E-state index in [9.17, 15) is 4.79 Å². The van der Waals surface area contributed by atoms with Crippen LogP contribution < -0.4 is 5.73 Å². The molecule has 1 fully saturated rings. The first kappa shape index (κ1) is 18.4. The number of ether oxygens (including phenoxy) is 1. The molecule has 21 heavy (non-hydrogen) atoms. The number of nitrogens with two attached hydrogens (primary N) is 1. The highest BCUT2D eigenvalue weighted by atomic mass is 16.5. The van der Waals surface area contributed by atoms with Crippen molar-refractivity contribution in [1.82, 2.24) is 4.90 Å². The topological polar surface area (TPSA) is 55.6 Å². The Morgan fingerprint density at radius 1 is 1.33 bits per heavy atom. The molecule has 0 heterocycles. The predicted molar refractivity (Wildman–Crippen MR) is 87.1 cm³/mol. The number of carbonyl (C=O) groups is 1. The second-order valence-electron chi connectivity index (χ2n) is 6.38. The monoisotopic (exact) mass is 298 g/mol. The van der Waals surface area contributed by atoms with Crippen molar-refractivity contribution in [2.75, 3.05) is 20.3 Å². The van der Waals surface area contributed by atoms with Gasteiger partial charge >= 0.3 is 0 Å². The third kappa shape index (κ3) is 6.35. The molecule has 4 heteroatoms. The van der Waals surface area contributed by atoms with Crippen molar-refractivity contribution in [3.05, 3.63) is 0 Å². The van der Waals surface area contributed by atoms with E-state index in [0.717, 1.165) is 32.1 Å². The highest BCUT2D eigenvalue weighted by Gasteiger charge is 2.24. The summed E-state index contributed by atoms with van der Waals surface area (Å²) in [5.74, 6) is 0.934. The molecule has 0 aromatic carbocycles. The Hall–Kier alpha value is -0.610. The van der Waals surface area contributed by atoms with Gasteiger partial charge in [0.1, 0.15) is 0 Å². The summed E-state index contributed by atoms with van der Waals surface area (Å²) >= 11 is 0. The van der Waals surface area contributed by atoms with Crippen LogP contribution in [0.2, 0.25) is 0 Å². The van der Waals surface area contributed by atoms with Gasteiger partial charge in [-0.15, -0.1) is 0 Å². The van der Waals surface area contributed by atoms with Crippen LogP contribution in [0.1, 0.15) is 65.2 Å². The summed E-state index contributed by atoms with van der Waals surface area (Å²) in [5, 5.41) is 0. The Balaban J connectivity index is 2.46. The van der Waals surface area contributed by atoms with E-state index in [1.807, 2.05) is 4.90 Å². The zero-order chi connectivity index (χ0) is 15.7. The van der Waals surface area contributed by atoms with Crippen LogP contribution in [0.5, 0.6) is 0 Å². The molecule has 0 spiro atoms. The maximum atomic E-state index is 12.6. The molecule has 0 aliphatic heterocycles. The summed E-state index contributed by atoms with van der Waals surface area (Å²) in [6.45, 7) is 5.64. The van der Waals surface area contributed by atoms with Crippen LogP contribution >= 0.6 is 0 Å². The number of hydrogen-bond acceptors (Lipinski definition) is 3. The van der Waals surface area contributed by atoms with Gasteiger partial charge in [-0.2, -0.15) is 0 Å². The lowest BCUT2D eigenvalue weighted by Gasteiger charge is -2.32. The summed E-state index contributed by atoms with van der Waals surface area (Å²) in [6, 6.07) is 0.698. The van der Waals surface area contributed by atoms with E-state index in [-0.39, 0.29) is 0 Å². The Morgan fingerprint density at radius 2 is 2.05 bits per heavy atom. The van der Waals surface area contributed by atoms with Crippen molar-refractivity contribution in [3.63, 3.8) is 0 Å². The minimum Gasteiger partial charge on any atom is -0.383 e. The van der Waals surface area contributed by atoms with Crippen LogP contribution in [-0.2, 0) is 9.53 Å². The Morgan fingerprint density at radius 3 is 2.62 bits per heavy atom. The Kier molecular flexibility index (Phi) is 8.93. The minimum atomic E-state index is 0.292. The average Bonchev–Trinajstić information content (AvgIpc) is 2.49. The molecule has 1 rings (SSSR count). The normalized spacial score (nSPS) is 22.5. The smallest absolute Gasteiger partial charge is 0.222 e. The molecule has 2 unspecified atom stereocenters. The van der Waals surface area contributed by atoms with Gasteiger partial charge in [-0.1, -0.05) is 26.7 Å².